The van der Waals surface area contributed by atoms with Crippen LogP contribution in [0.3, 0.4) is 0 Å². The topological polar surface area (TPSA) is 3.24 Å². The van der Waals surface area contributed by atoms with E-state index in [0.29, 0.717) is 0 Å². The molecule has 0 fully saturated rings. The van der Waals surface area contributed by atoms with Gasteiger partial charge in [0.15, 0.2) is 0 Å². The SMILES string of the molecule is Cc1cccc(-c2ccc(N(c3ccc4c(c3)C(C)(C)c3ccccc3-4)c3ccc4c(c3)C3(c5ccccc5-4)c4cc(C(C)(C)C)ccc4-c4ccc(C(C)(C)C)cc43)cc2)c1. The van der Waals surface area contributed by atoms with E-state index in [4.69, 9.17) is 0 Å². The Bertz CT molecular complexity index is 3060. The van der Waals surface area contributed by atoms with E-state index in [2.05, 4.69) is 237 Å². The average Bonchev–Trinajstić information content (AvgIpc) is 3.81. The van der Waals surface area contributed by atoms with Crippen molar-refractivity contribution in [2.24, 2.45) is 0 Å². The second-order valence-electron chi connectivity index (χ2n) is 20.7. The maximum atomic E-state index is 2.55. The summed E-state index contributed by atoms with van der Waals surface area (Å²) in [7, 11) is 0. The van der Waals surface area contributed by atoms with Gasteiger partial charge in [0, 0.05) is 22.5 Å². The highest BCUT2D eigenvalue weighted by atomic mass is 15.1. The maximum Gasteiger partial charge on any atom is 0.0726 e. The molecule has 0 saturated carbocycles. The van der Waals surface area contributed by atoms with Crippen molar-refractivity contribution in [2.45, 2.75) is 84.0 Å². The molecule has 0 aromatic heterocycles. The summed E-state index contributed by atoms with van der Waals surface area (Å²) in [5, 5.41) is 0. The van der Waals surface area contributed by atoms with Crippen molar-refractivity contribution < 1.29 is 0 Å². The van der Waals surface area contributed by atoms with Crippen LogP contribution in [-0.4, -0.2) is 0 Å². The molecule has 8 aromatic carbocycles. The van der Waals surface area contributed by atoms with Crippen LogP contribution < -0.4 is 4.90 Å². The molecular weight excluding hydrogens is 747 g/mol. The molecule has 0 unspecified atom stereocenters. The molecule has 3 aliphatic rings. The summed E-state index contributed by atoms with van der Waals surface area (Å²) < 4.78 is 0. The second kappa shape index (κ2) is 13.3. The van der Waals surface area contributed by atoms with Crippen LogP contribution in [0.2, 0.25) is 0 Å². The van der Waals surface area contributed by atoms with Gasteiger partial charge in [-0.3, -0.25) is 0 Å². The third kappa shape index (κ3) is 5.53. The average molecular weight is 802 g/mol. The van der Waals surface area contributed by atoms with Crippen LogP contribution in [0.1, 0.15) is 105 Å². The molecule has 0 saturated heterocycles. The fourth-order valence-electron chi connectivity index (χ4n) is 11.1. The predicted molar refractivity (Wildman–Crippen MR) is 263 cm³/mol. The molecule has 0 amide bonds. The minimum absolute atomic E-state index is 0.00716. The van der Waals surface area contributed by atoms with Crippen LogP contribution in [0, 0.1) is 6.92 Å². The van der Waals surface area contributed by atoms with Gasteiger partial charge in [-0.25, -0.2) is 0 Å². The van der Waals surface area contributed by atoms with Crippen molar-refractivity contribution in [3.05, 3.63) is 220 Å². The lowest BCUT2D eigenvalue weighted by atomic mass is 9.68. The standard InChI is InChI=1S/C61H55N/c1-38-15-14-16-40(33-38)39-21-25-43(26-22-39)62(44-27-31-48-46-17-10-12-19-52(46)60(8,9)54(48)36-44)45-28-32-51-47-18-11-13-20-53(47)61(57(51)37-45)55-34-41(58(2,3)4)23-29-49(55)50-30-24-42(35-56(50)61)59(5,6)7/h10-37H,1-9H3. The Balaban J connectivity index is 1.18. The van der Waals surface area contributed by atoms with Crippen LogP contribution in [0.15, 0.2) is 170 Å². The molecule has 1 spiro atoms. The Labute approximate surface area is 368 Å². The number of fused-ring (bicyclic) bond motifs is 13. The van der Waals surface area contributed by atoms with E-state index in [1.165, 1.54) is 94.6 Å². The molecule has 1 nitrogen and oxygen atoms in total. The first-order valence-corrected chi connectivity index (χ1v) is 22.4. The van der Waals surface area contributed by atoms with Crippen LogP contribution in [0.25, 0.3) is 44.5 Å². The lowest BCUT2D eigenvalue weighted by molar-refractivity contribution is 0.586. The van der Waals surface area contributed by atoms with E-state index in [1.807, 2.05) is 0 Å². The summed E-state index contributed by atoms with van der Waals surface area (Å²) in [6, 6.07) is 65.4. The van der Waals surface area contributed by atoms with E-state index in [-0.39, 0.29) is 16.2 Å². The monoisotopic (exact) mass is 801 g/mol. The van der Waals surface area contributed by atoms with Crippen molar-refractivity contribution in [1.29, 1.82) is 0 Å². The Hall–Kier alpha value is -6.44. The van der Waals surface area contributed by atoms with Gasteiger partial charge in [-0.15, -0.1) is 0 Å². The first kappa shape index (κ1) is 38.5. The number of nitrogens with zero attached hydrogens (tertiary/aromatic N) is 1. The highest BCUT2D eigenvalue weighted by molar-refractivity contribution is 5.97. The van der Waals surface area contributed by atoms with Gasteiger partial charge >= 0.3 is 0 Å². The Kier molecular flexibility index (Phi) is 8.24. The Morgan fingerprint density at radius 1 is 0.355 bits per heavy atom. The smallest absolute Gasteiger partial charge is 0.0726 e. The second-order valence-corrected chi connectivity index (χ2v) is 20.7. The van der Waals surface area contributed by atoms with Gasteiger partial charge in [-0.05, 0) is 143 Å². The molecule has 0 aliphatic heterocycles. The molecule has 3 aliphatic carbocycles. The minimum atomic E-state index is -0.489. The third-order valence-corrected chi connectivity index (χ3v) is 14.5. The lowest BCUT2D eigenvalue weighted by Gasteiger charge is -2.34. The summed E-state index contributed by atoms with van der Waals surface area (Å²) in [6.07, 6.45) is 0. The summed E-state index contributed by atoms with van der Waals surface area (Å²) >= 11 is 0. The van der Waals surface area contributed by atoms with Gasteiger partial charge in [0.1, 0.15) is 0 Å². The fourth-order valence-corrected chi connectivity index (χ4v) is 11.1. The molecule has 0 N–H and O–H groups in total. The van der Waals surface area contributed by atoms with E-state index in [0.717, 1.165) is 17.1 Å². The zero-order valence-electron chi connectivity index (χ0n) is 37.6. The first-order chi connectivity index (χ1) is 29.7. The van der Waals surface area contributed by atoms with E-state index >= 15 is 0 Å². The number of hydrogen-bond donors (Lipinski definition) is 0. The van der Waals surface area contributed by atoms with Gasteiger partial charge in [-0.2, -0.15) is 0 Å². The molecule has 304 valence electrons. The molecular formula is C61H55N. The van der Waals surface area contributed by atoms with Crippen molar-refractivity contribution in [2.75, 3.05) is 4.90 Å². The minimum Gasteiger partial charge on any atom is -0.310 e. The van der Waals surface area contributed by atoms with Crippen molar-refractivity contribution in [1.82, 2.24) is 0 Å². The number of rotatable bonds is 4. The lowest BCUT2D eigenvalue weighted by Crippen LogP contribution is -2.27. The van der Waals surface area contributed by atoms with Crippen molar-refractivity contribution >= 4 is 17.1 Å². The molecule has 11 rings (SSSR count). The Morgan fingerprint density at radius 3 is 1.37 bits per heavy atom. The number of benzene rings is 8. The van der Waals surface area contributed by atoms with Gasteiger partial charge in [0.05, 0.1) is 5.41 Å². The van der Waals surface area contributed by atoms with E-state index in [1.54, 1.807) is 0 Å². The van der Waals surface area contributed by atoms with Gasteiger partial charge < -0.3 is 4.90 Å². The number of hydrogen-bond acceptors (Lipinski definition) is 1. The molecule has 8 aromatic rings. The zero-order valence-corrected chi connectivity index (χ0v) is 37.6. The number of aryl methyl sites for hydroxylation is 1. The normalized spacial score (nSPS) is 14.8. The first-order valence-electron chi connectivity index (χ1n) is 22.4. The van der Waals surface area contributed by atoms with E-state index in [9.17, 15) is 0 Å². The summed E-state index contributed by atoms with van der Waals surface area (Å²) in [5.41, 5.74) is 25.5. The maximum absolute atomic E-state index is 2.55. The molecule has 0 heterocycles. The summed E-state index contributed by atoms with van der Waals surface area (Å²) in [5.74, 6) is 0. The van der Waals surface area contributed by atoms with E-state index < -0.39 is 5.41 Å². The van der Waals surface area contributed by atoms with Crippen LogP contribution in [0.5, 0.6) is 0 Å². The highest BCUT2D eigenvalue weighted by Crippen LogP contribution is 2.64. The molecule has 1 heteroatoms. The molecule has 62 heavy (non-hydrogen) atoms. The quantitative estimate of drug-likeness (QED) is 0.171. The van der Waals surface area contributed by atoms with Gasteiger partial charge in [0.2, 0.25) is 0 Å². The summed E-state index contributed by atoms with van der Waals surface area (Å²) in [6.45, 7) is 21.0. The molecule has 0 atom stereocenters. The predicted octanol–water partition coefficient (Wildman–Crippen LogP) is 16.4. The molecule has 0 bridgehead atoms. The zero-order chi connectivity index (χ0) is 42.9. The van der Waals surface area contributed by atoms with Crippen LogP contribution >= 0.6 is 0 Å². The number of anilines is 3. The Morgan fingerprint density at radius 2 is 0.806 bits per heavy atom. The third-order valence-electron chi connectivity index (χ3n) is 14.5. The van der Waals surface area contributed by atoms with Crippen molar-refractivity contribution in [3.8, 4) is 44.5 Å². The summed E-state index contributed by atoms with van der Waals surface area (Å²) in [4.78, 5) is 2.50. The van der Waals surface area contributed by atoms with Gasteiger partial charge in [0.25, 0.3) is 0 Å². The van der Waals surface area contributed by atoms with Crippen LogP contribution in [-0.2, 0) is 21.7 Å². The van der Waals surface area contributed by atoms with Crippen LogP contribution in [0.4, 0.5) is 17.1 Å². The van der Waals surface area contributed by atoms with Crippen molar-refractivity contribution in [3.63, 3.8) is 0 Å². The molecule has 0 radical (unpaired) electrons. The fraction of sp³-hybridized carbons (Fsp3) is 0.213. The highest BCUT2D eigenvalue weighted by Gasteiger charge is 2.52. The van der Waals surface area contributed by atoms with Gasteiger partial charge in [-0.1, -0.05) is 194 Å². The largest absolute Gasteiger partial charge is 0.310 e.